The summed E-state index contributed by atoms with van der Waals surface area (Å²) in [4.78, 5) is 2.35. The van der Waals surface area contributed by atoms with Crippen LogP contribution in [-0.4, -0.2) is 33.4 Å². The molecule has 3 aromatic carbocycles. The van der Waals surface area contributed by atoms with Gasteiger partial charge in [0, 0.05) is 36.6 Å². The highest BCUT2D eigenvalue weighted by Crippen LogP contribution is 2.32. The van der Waals surface area contributed by atoms with Crippen molar-refractivity contribution in [1.82, 2.24) is 0 Å². The Labute approximate surface area is 184 Å². The molecule has 3 aromatic rings. The minimum Gasteiger partial charge on any atom is -0.493 e. The molecule has 0 aromatic heterocycles. The van der Waals surface area contributed by atoms with Gasteiger partial charge in [-0.3, -0.25) is 0 Å². The van der Waals surface area contributed by atoms with Crippen molar-refractivity contribution in [3.63, 3.8) is 0 Å². The molecule has 0 radical (unpaired) electrons. The maximum atomic E-state index is 6.20. The molecule has 31 heavy (non-hydrogen) atoms. The van der Waals surface area contributed by atoms with Gasteiger partial charge in [-0.25, -0.2) is 0 Å². The lowest BCUT2D eigenvalue weighted by molar-refractivity contribution is 0.122. The molecule has 1 aliphatic rings. The Kier molecular flexibility index (Phi) is 6.95. The molecule has 0 saturated carbocycles. The standard InChI is InChI=1S/C26H30N2O3/c1-20-5-3-6-21(17-20)19-31-26-22(7-4-8-25(26)29-2)18-27-23-9-11-24(12-10-23)28-13-15-30-16-14-28/h3-12,17,27H,13-16,18-19H2,1-2H3. The quantitative estimate of drug-likeness (QED) is 0.556. The Morgan fingerprint density at radius 2 is 1.74 bits per heavy atom. The number of aryl methyl sites for hydroxylation is 1. The molecule has 0 amide bonds. The van der Waals surface area contributed by atoms with Crippen LogP contribution in [0, 0.1) is 6.92 Å². The SMILES string of the molecule is COc1cccc(CNc2ccc(N3CCOCC3)cc2)c1OCc1cccc(C)c1. The van der Waals surface area contributed by atoms with E-state index in [0.717, 1.165) is 54.6 Å². The highest BCUT2D eigenvalue weighted by atomic mass is 16.5. The van der Waals surface area contributed by atoms with Gasteiger partial charge in [-0.2, -0.15) is 0 Å². The van der Waals surface area contributed by atoms with Crippen molar-refractivity contribution in [3.05, 3.63) is 83.4 Å². The molecule has 0 bridgehead atoms. The summed E-state index contributed by atoms with van der Waals surface area (Å²) < 4.78 is 17.2. The molecular weight excluding hydrogens is 388 g/mol. The maximum Gasteiger partial charge on any atom is 0.166 e. The number of ether oxygens (including phenoxy) is 3. The summed E-state index contributed by atoms with van der Waals surface area (Å²) in [6, 6.07) is 22.9. The lowest BCUT2D eigenvalue weighted by Crippen LogP contribution is -2.36. The van der Waals surface area contributed by atoms with E-state index < -0.39 is 0 Å². The number of anilines is 2. The first kappa shape index (κ1) is 21.1. The Bertz CT molecular complexity index is 982. The van der Waals surface area contributed by atoms with Gasteiger partial charge in [-0.15, -0.1) is 0 Å². The number of nitrogens with one attached hydrogen (secondary N) is 1. The zero-order valence-electron chi connectivity index (χ0n) is 18.3. The summed E-state index contributed by atoms with van der Waals surface area (Å²) in [5, 5.41) is 3.51. The van der Waals surface area contributed by atoms with Gasteiger partial charge < -0.3 is 24.4 Å². The summed E-state index contributed by atoms with van der Waals surface area (Å²) >= 11 is 0. The lowest BCUT2D eigenvalue weighted by atomic mass is 10.1. The van der Waals surface area contributed by atoms with Crippen LogP contribution in [0.2, 0.25) is 0 Å². The van der Waals surface area contributed by atoms with Gasteiger partial charge in [0.25, 0.3) is 0 Å². The fraction of sp³-hybridized carbons (Fsp3) is 0.308. The van der Waals surface area contributed by atoms with Crippen molar-refractivity contribution >= 4 is 11.4 Å². The van der Waals surface area contributed by atoms with Crippen molar-refractivity contribution < 1.29 is 14.2 Å². The van der Waals surface area contributed by atoms with E-state index in [1.807, 2.05) is 12.1 Å². The number of morpholine rings is 1. The lowest BCUT2D eigenvalue weighted by Gasteiger charge is -2.29. The van der Waals surface area contributed by atoms with Crippen molar-refractivity contribution in [2.45, 2.75) is 20.1 Å². The first-order valence-corrected chi connectivity index (χ1v) is 10.7. The Morgan fingerprint density at radius 3 is 2.48 bits per heavy atom. The van der Waals surface area contributed by atoms with Crippen LogP contribution in [0.5, 0.6) is 11.5 Å². The molecule has 5 heteroatoms. The summed E-state index contributed by atoms with van der Waals surface area (Å²) in [5.41, 5.74) is 5.73. The largest absolute Gasteiger partial charge is 0.493 e. The molecule has 0 atom stereocenters. The van der Waals surface area contributed by atoms with E-state index in [1.165, 1.54) is 11.3 Å². The number of nitrogens with zero attached hydrogens (tertiary/aromatic N) is 1. The van der Waals surface area contributed by atoms with E-state index in [0.29, 0.717) is 13.2 Å². The molecule has 1 saturated heterocycles. The first-order valence-electron chi connectivity index (χ1n) is 10.7. The van der Waals surface area contributed by atoms with Crippen LogP contribution in [0.15, 0.2) is 66.7 Å². The molecule has 0 aliphatic carbocycles. The normalized spacial score (nSPS) is 13.7. The average Bonchev–Trinajstić information content (AvgIpc) is 2.82. The second-order valence-electron chi connectivity index (χ2n) is 7.73. The van der Waals surface area contributed by atoms with Gasteiger partial charge in [0.15, 0.2) is 11.5 Å². The fourth-order valence-corrected chi connectivity index (χ4v) is 3.79. The third kappa shape index (κ3) is 5.50. The third-order valence-corrected chi connectivity index (χ3v) is 5.47. The van der Waals surface area contributed by atoms with Gasteiger partial charge in [-0.1, -0.05) is 42.0 Å². The van der Waals surface area contributed by atoms with Crippen LogP contribution in [0.1, 0.15) is 16.7 Å². The van der Waals surface area contributed by atoms with Gasteiger partial charge >= 0.3 is 0 Å². The van der Waals surface area contributed by atoms with Gasteiger partial charge in [0.1, 0.15) is 6.61 Å². The van der Waals surface area contributed by atoms with E-state index in [2.05, 4.69) is 71.7 Å². The summed E-state index contributed by atoms with van der Waals surface area (Å²) in [5.74, 6) is 1.53. The Morgan fingerprint density at radius 1 is 0.968 bits per heavy atom. The van der Waals surface area contributed by atoms with Crippen molar-refractivity contribution in [2.24, 2.45) is 0 Å². The van der Waals surface area contributed by atoms with Crippen LogP contribution in [0.3, 0.4) is 0 Å². The number of methoxy groups -OCH3 is 1. The average molecular weight is 419 g/mol. The van der Waals surface area contributed by atoms with Crippen molar-refractivity contribution in [3.8, 4) is 11.5 Å². The van der Waals surface area contributed by atoms with Crippen LogP contribution in [0.4, 0.5) is 11.4 Å². The highest BCUT2D eigenvalue weighted by Gasteiger charge is 2.13. The van der Waals surface area contributed by atoms with Crippen molar-refractivity contribution in [1.29, 1.82) is 0 Å². The van der Waals surface area contributed by atoms with Crippen LogP contribution in [-0.2, 0) is 17.9 Å². The minimum atomic E-state index is 0.503. The highest BCUT2D eigenvalue weighted by molar-refractivity contribution is 5.56. The molecule has 1 fully saturated rings. The molecule has 4 rings (SSSR count). The predicted molar refractivity (Wildman–Crippen MR) is 125 cm³/mol. The molecule has 1 aliphatic heterocycles. The van der Waals surface area contributed by atoms with Crippen LogP contribution >= 0.6 is 0 Å². The Hall–Kier alpha value is -3.18. The molecule has 1 heterocycles. The fourth-order valence-electron chi connectivity index (χ4n) is 3.79. The topological polar surface area (TPSA) is 43.0 Å². The van der Waals surface area contributed by atoms with Gasteiger partial charge in [0.2, 0.25) is 0 Å². The Balaban J connectivity index is 1.43. The third-order valence-electron chi connectivity index (χ3n) is 5.47. The second kappa shape index (κ2) is 10.2. The zero-order chi connectivity index (χ0) is 21.5. The van der Waals surface area contributed by atoms with Crippen LogP contribution < -0.4 is 19.7 Å². The monoisotopic (exact) mass is 418 g/mol. The van der Waals surface area contributed by atoms with E-state index in [9.17, 15) is 0 Å². The second-order valence-corrected chi connectivity index (χ2v) is 7.73. The van der Waals surface area contributed by atoms with E-state index >= 15 is 0 Å². The molecule has 1 N–H and O–H groups in total. The number of benzene rings is 3. The van der Waals surface area contributed by atoms with E-state index in [1.54, 1.807) is 7.11 Å². The molecule has 0 unspecified atom stereocenters. The molecule has 162 valence electrons. The van der Waals surface area contributed by atoms with Gasteiger partial charge in [0.05, 0.1) is 20.3 Å². The van der Waals surface area contributed by atoms with Crippen LogP contribution in [0.25, 0.3) is 0 Å². The maximum absolute atomic E-state index is 6.20. The zero-order valence-corrected chi connectivity index (χ0v) is 18.3. The smallest absolute Gasteiger partial charge is 0.166 e. The number of hydrogen-bond acceptors (Lipinski definition) is 5. The summed E-state index contributed by atoms with van der Waals surface area (Å²) in [7, 11) is 1.68. The van der Waals surface area contributed by atoms with E-state index in [4.69, 9.17) is 14.2 Å². The number of rotatable bonds is 8. The molecule has 5 nitrogen and oxygen atoms in total. The number of hydrogen-bond donors (Lipinski definition) is 1. The summed E-state index contributed by atoms with van der Waals surface area (Å²) in [6.07, 6.45) is 0. The summed E-state index contributed by atoms with van der Waals surface area (Å²) in [6.45, 7) is 6.71. The molecular formula is C26H30N2O3. The first-order chi connectivity index (χ1) is 15.2. The predicted octanol–water partition coefficient (Wildman–Crippen LogP) is 5.03. The van der Waals surface area contributed by atoms with E-state index in [-0.39, 0.29) is 0 Å². The molecule has 0 spiro atoms. The minimum absolute atomic E-state index is 0.503. The van der Waals surface area contributed by atoms with Crippen molar-refractivity contribution in [2.75, 3.05) is 43.6 Å². The number of para-hydroxylation sites is 1. The van der Waals surface area contributed by atoms with Gasteiger partial charge in [-0.05, 0) is 42.8 Å².